The minimum Gasteiger partial charge on any atom is -0.277 e. The van der Waals surface area contributed by atoms with E-state index in [9.17, 15) is 18.5 Å². The quantitative estimate of drug-likeness (QED) is 0.490. The van der Waals surface area contributed by atoms with Gasteiger partial charge < -0.3 is 0 Å². The molecule has 156 valence electrons. The number of sulfonamides is 1. The predicted octanol–water partition coefficient (Wildman–Crippen LogP) is 2.37. The van der Waals surface area contributed by atoms with Crippen LogP contribution in [0.3, 0.4) is 0 Å². The predicted molar refractivity (Wildman–Crippen MR) is 117 cm³/mol. The zero-order chi connectivity index (χ0) is 22.2. The summed E-state index contributed by atoms with van der Waals surface area (Å²) in [5, 5.41) is 19.3. The van der Waals surface area contributed by atoms with Crippen molar-refractivity contribution in [3.8, 4) is 16.8 Å². The van der Waals surface area contributed by atoms with Gasteiger partial charge in [0.2, 0.25) is 6.19 Å². The smallest absolute Gasteiger partial charge is 0.277 e. The summed E-state index contributed by atoms with van der Waals surface area (Å²) in [7, 11) is -3.86. The second-order valence-corrected chi connectivity index (χ2v) is 9.34. The number of nitrogens with one attached hydrogen (secondary N) is 1. The van der Waals surface area contributed by atoms with Gasteiger partial charge in [-0.25, -0.2) is 17.9 Å². The highest BCUT2D eigenvalue weighted by molar-refractivity contribution is 7.95. The van der Waals surface area contributed by atoms with Crippen molar-refractivity contribution >= 4 is 38.8 Å². The van der Waals surface area contributed by atoms with Gasteiger partial charge in [-0.1, -0.05) is 41.2 Å². The first kappa shape index (κ1) is 20.5. The standard InChI is InChI=1S/C19H15N7O3S2/c1-12-3-5-14(6-4-12)7-8-31(28,29)24-15-9-21-17-16(18-23-22-13(2)30-18)19(27)26(11-20)25(17)10-15/h3-10,24H,1-2H3. The summed E-state index contributed by atoms with van der Waals surface area (Å²) < 4.78 is 29.2. The Hall–Kier alpha value is -3.82. The third-order valence-corrected chi connectivity index (χ3v) is 6.13. The molecule has 0 saturated carbocycles. The van der Waals surface area contributed by atoms with Gasteiger partial charge in [0.05, 0.1) is 23.5 Å². The average Bonchev–Trinajstić information content (AvgIpc) is 3.26. The molecule has 10 nitrogen and oxygen atoms in total. The Labute approximate surface area is 180 Å². The van der Waals surface area contributed by atoms with E-state index < -0.39 is 15.6 Å². The van der Waals surface area contributed by atoms with Crippen molar-refractivity contribution in [2.45, 2.75) is 13.8 Å². The van der Waals surface area contributed by atoms with Gasteiger partial charge in [0, 0.05) is 0 Å². The molecule has 0 spiro atoms. The number of benzene rings is 1. The lowest BCUT2D eigenvalue weighted by molar-refractivity contribution is 0.609. The highest BCUT2D eigenvalue weighted by Crippen LogP contribution is 2.24. The largest absolute Gasteiger partial charge is 0.293 e. The van der Waals surface area contributed by atoms with Gasteiger partial charge in [0.15, 0.2) is 10.7 Å². The number of rotatable bonds is 5. The molecule has 0 aliphatic carbocycles. The molecule has 0 aliphatic heterocycles. The van der Waals surface area contributed by atoms with Crippen LogP contribution < -0.4 is 10.3 Å². The number of fused-ring (bicyclic) bond motifs is 1. The molecular weight excluding hydrogens is 438 g/mol. The Balaban J connectivity index is 1.70. The minimum atomic E-state index is -3.86. The maximum absolute atomic E-state index is 12.7. The number of nitrogens with zero attached hydrogens (tertiary/aromatic N) is 6. The number of nitriles is 1. The summed E-state index contributed by atoms with van der Waals surface area (Å²) in [5.74, 6) is 0. The number of hydrogen-bond acceptors (Lipinski definition) is 8. The molecule has 0 atom stereocenters. The lowest BCUT2D eigenvalue weighted by Crippen LogP contribution is -2.16. The summed E-state index contributed by atoms with van der Waals surface area (Å²) in [6, 6.07) is 7.36. The SMILES string of the molecule is Cc1ccc(C=CS(=O)(=O)Nc2cnc3c(-c4nnc(C)s4)c(=O)n(C#N)n3c2)cc1. The maximum atomic E-state index is 12.7. The number of aryl methyl sites for hydroxylation is 2. The maximum Gasteiger partial charge on any atom is 0.293 e. The first-order valence-corrected chi connectivity index (χ1v) is 11.3. The van der Waals surface area contributed by atoms with E-state index in [4.69, 9.17) is 0 Å². The molecule has 3 aromatic heterocycles. The van der Waals surface area contributed by atoms with Crippen molar-refractivity contribution in [3.63, 3.8) is 0 Å². The third-order valence-electron chi connectivity index (χ3n) is 4.26. The zero-order valence-electron chi connectivity index (χ0n) is 16.3. The molecule has 4 rings (SSSR count). The molecular formula is C19H15N7O3S2. The topological polar surface area (TPSA) is 135 Å². The molecule has 31 heavy (non-hydrogen) atoms. The Morgan fingerprint density at radius 3 is 2.58 bits per heavy atom. The van der Waals surface area contributed by atoms with Crippen molar-refractivity contribution in [1.29, 1.82) is 5.26 Å². The summed E-state index contributed by atoms with van der Waals surface area (Å²) in [6.45, 7) is 3.68. The van der Waals surface area contributed by atoms with Crippen LogP contribution in [0, 0.1) is 25.3 Å². The van der Waals surface area contributed by atoms with Crippen molar-refractivity contribution in [3.05, 3.63) is 68.6 Å². The molecule has 0 unspecified atom stereocenters. The Bertz CT molecular complexity index is 1520. The van der Waals surface area contributed by atoms with E-state index >= 15 is 0 Å². The van der Waals surface area contributed by atoms with E-state index in [1.54, 1.807) is 25.2 Å². The fraction of sp³-hybridized carbons (Fsp3) is 0.105. The highest BCUT2D eigenvalue weighted by Gasteiger charge is 2.21. The van der Waals surface area contributed by atoms with E-state index in [2.05, 4.69) is 19.9 Å². The lowest BCUT2D eigenvalue weighted by Gasteiger charge is -2.05. The van der Waals surface area contributed by atoms with Gasteiger partial charge in [-0.15, -0.1) is 14.9 Å². The third kappa shape index (κ3) is 4.09. The van der Waals surface area contributed by atoms with Crippen LogP contribution in [0.5, 0.6) is 0 Å². The zero-order valence-corrected chi connectivity index (χ0v) is 18.0. The van der Waals surface area contributed by atoms with Crippen LogP contribution in [0.15, 0.2) is 46.9 Å². The summed E-state index contributed by atoms with van der Waals surface area (Å²) >= 11 is 1.19. The lowest BCUT2D eigenvalue weighted by atomic mass is 10.2. The number of aromatic nitrogens is 5. The molecule has 1 N–H and O–H groups in total. The van der Waals surface area contributed by atoms with Crippen LogP contribution in [0.4, 0.5) is 5.69 Å². The Morgan fingerprint density at radius 2 is 1.94 bits per heavy atom. The molecule has 0 fully saturated rings. The summed E-state index contributed by atoms with van der Waals surface area (Å²) in [4.78, 5) is 16.9. The van der Waals surface area contributed by atoms with Gasteiger partial charge >= 0.3 is 0 Å². The molecule has 3 heterocycles. The number of hydrogen-bond donors (Lipinski definition) is 1. The molecule has 0 bridgehead atoms. The molecule has 0 aliphatic rings. The van der Waals surface area contributed by atoms with E-state index in [-0.39, 0.29) is 16.9 Å². The second kappa shape index (κ2) is 7.78. The van der Waals surface area contributed by atoms with Crippen molar-refractivity contribution in [2.24, 2.45) is 0 Å². The summed E-state index contributed by atoms with van der Waals surface area (Å²) in [5.41, 5.74) is 1.55. The van der Waals surface area contributed by atoms with Gasteiger partial charge in [-0.2, -0.15) is 5.26 Å². The van der Waals surface area contributed by atoms with E-state index in [1.807, 2.05) is 19.1 Å². The number of anilines is 1. The van der Waals surface area contributed by atoms with Crippen molar-refractivity contribution < 1.29 is 8.42 Å². The van der Waals surface area contributed by atoms with Crippen LogP contribution in [-0.2, 0) is 10.0 Å². The molecule has 4 aromatic rings. The van der Waals surface area contributed by atoms with Crippen LogP contribution >= 0.6 is 11.3 Å². The van der Waals surface area contributed by atoms with Crippen LogP contribution in [-0.4, -0.2) is 32.8 Å². The first-order chi connectivity index (χ1) is 14.8. The fourth-order valence-corrected chi connectivity index (χ4v) is 4.38. The van der Waals surface area contributed by atoms with Crippen LogP contribution in [0.1, 0.15) is 16.1 Å². The van der Waals surface area contributed by atoms with E-state index in [0.29, 0.717) is 10.0 Å². The van der Waals surface area contributed by atoms with E-state index in [1.165, 1.54) is 34.3 Å². The normalized spacial score (nSPS) is 11.8. The van der Waals surface area contributed by atoms with Crippen LogP contribution in [0.25, 0.3) is 22.3 Å². The van der Waals surface area contributed by atoms with Crippen molar-refractivity contribution in [2.75, 3.05) is 4.72 Å². The van der Waals surface area contributed by atoms with Gasteiger partial charge in [0.1, 0.15) is 10.6 Å². The van der Waals surface area contributed by atoms with Gasteiger partial charge in [-0.3, -0.25) is 9.52 Å². The van der Waals surface area contributed by atoms with Crippen molar-refractivity contribution in [1.82, 2.24) is 24.4 Å². The highest BCUT2D eigenvalue weighted by atomic mass is 32.2. The molecule has 0 saturated heterocycles. The molecule has 0 amide bonds. The Morgan fingerprint density at radius 1 is 1.19 bits per heavy atom. The molecule has 12 heteroatoms. The minimum absolute atomic E-state index is 0.0834. The second-order valence-electron chi connectivity index (χ2n) is 6.59. The van der Waals surface area contributed by atoms with Gasteiger partial charge in [-0.05, 0) is 25.5 Å². The first-order valence-electron chi connectivity index (χ1n) is 8.89. The average molecular weight is 454 g/mol. The molecule has 0 radical (unpaired) electrons. The monoisotopic (exact) mass is 453 g/mol. The fourth-order valence-electron chi connectivity index (χ4n) is 2.82. The van der Waals surface area contributed by atoms with E-state index in [0.717, 1.165) is 21.2 Å². The molecule has 1 aromatic carbocycles. The van der Waals surface area contributed by atoms with Gasteiger partial charge in [0.25, 0.3) is 15.6 Å². The van der Waals surface area contributed by atoms with Crippen LogP contribution in [0.2, 0.25) is 0 Å². The Kier molecular flexibility index (Phi) is 5.14. The summed E-state index contributed by atoms with van der Waals surface area (Å²) in [6.07, 6.45) is 5.81.